The Morgan fingerprint density at radius 2 is 1.96 bits per heavy atom. The van der Waals surface area contributed by atoms with Crippen molar-refractivity contribution >= 4 is 41.3 Å². The molecule has 1 saturated heterocycles. The topological polar surface area (TPSA) is 62.9 Å². The summed E-state index contributed by atoms with van der Waals surface area (Å²) in [5.41, 5.74) is 7.39. The number of nitrogens with zero attached hydrogens (tertiary/aromatic N) is 2. The number of halogens is 1. The van der Waals surface area contributed by atoms with Crippen molar-refractivity contribution in [1.29, 1.82) is 0 Å². The number of aliphatic imine (C=N–C) groups is 1. The third kappa shape index (κ3) is 6.93. The Morgan fingerprint density at radius 3 is 2.61 bits per heavy atom. The van der Waals surface area contributed by atoms with Crippen LogP contribution in [0.2, 0.25) is 0 Å². The first-order valence-electron chi connectivity index (χ1n) is 9.70. The van der Waals surface area contributed by atoms with Gasteiger partial charge in [-0.15, -0.1) is 35.3 Å². The van der Waals surface area contributed by atoms with Crippen molar-refractivity contribution in [2.24, 2.45) is 10.7 Å². The zero-order valence-corrected chi connectivity index (χ0v) is 19.6. The number of methoxy groups -OCH3 is 1. The highest BCUT2D eigenvalue weighted by atomic mass is 127. The van der Waals surface area contributed by atoms with Crippen molar-refractivity contribution in [2.45, 2.75) is 31.7 Å². The Balaban J connectivity index is 0.00000280. The molecule has 3 N–H and O–H groups in total. The van der Waals surface area contributed by atoms with E-state index in [1.54, 1.807) is 18.4 Å². The van der Waals surface area contributed by atoms with E-state index in [4.69, 9.17) is 10.5 Å². The van der Waals surface area contributed by atoms with E-state index >= 15 is 0 Å². The molecule has 0 radical (unpaired) electrons. The number of piperidine rings is 1. The molecule has 7 heteroatoms. The van der Waals surface area contributed by atoms with E-state index in [0.29, 0.717) is 12.5 Å². The average Bonchev–Trinajstić information content (AvgIpc) is 3.23. The van der Waals surface area contributed by atoms with Gasteiger partial charge in [0.2, 0.25) is 0 Å². The number of hydrogen-bond acceptors (Lipinski definition) is 4. The molecule has 0 bridgehead atoms. The largest absolute Gasteiger partial charge is 0.497 e. The summed E-state index contributed by atoms with van der Waals surface area (Å²) in [4.78, 5) is 8.55. The molecule has 1 aromatic heterocycles. The lowest BCUT2D eigenvalue weighted by molar-refractivity contribution is 0.168. The first kappa shape index (κ1) is 23.0. The summed E-state index contributed by atoms with van der Waals surface area (Å²) in [6, 6.07) is 12.8. The first-order valence-corrected chi connectivity index (χ1v) is 10.6. The van der Waals surface area contributed by atoms with E-state index in [-0.39, 0.29) is 30.0 Å². The van der Waals surface area contributed by atoms with Crippen LogP contribution in [0, 0.1) is 0 Å². The molecule has 1 aliphatic rings. The van der Waals surface area contributed by atoms with Crippen molar-refractivity contribution in [2.75, 3.05) is 33.3 Å². The van der Waals surface area contributed by atoms with Crippen LogP contribution in [-0.4, -0.2) is 44.1 Å². The molecule has 1 unspecified atom stereocenters. The number of thiophene rings is 1. The van der Waals surface area contributed by atoms with Crippen LogP contribution < -0.4 is 15.8 Å². The maximum absolute atomic E-state index is 6.12. The fourth-order valence-electron chi connectivity index (χ4n) is 3.50. The molecule has 0 amide bonds. The fourth-order valence-corrected chi connectivity index (χ4v) is 4.21. The van der Waals surface area contributed by atoms with Gasteiger partial charge in [0.15, 0.2) is 5.96 Å². The Hall–Kier alpha value is -1.32. The minimum atomic E-state index is 0. The van der Waals surface area contributed by atoms with Crippen LogP contribution >= 0.6 is 35.3 Å². The smallest absolute Gasteiger partial charge is 0.188 e. The van der Waals surface area contributed by atoms with Crippen molar-refractivity contribution in [3.05, 3.63) is 52.2 Å². The number of guanidine groups is 1. The van der Waals surface area contributed by atoms with E-state index in [1.807, 2.05) is 12.1 Å². The van der Waals surface area contributed by atoms with Gasteiger partial charge in [-0.05, 0) is 61.5 Å². The van der Waals surface area contributed by atoms with Crippen LogP contribution in [0.5, 0.6) is 5.75 Å². The molecule has 154 valence electrons. The Kier molecular flexibility index (Phi) is 10.1. The molecular weight excluding hydrogens is 483 g/mol. The van der Waals surface area contributed by atoms with Gasteiger partial charge in [0.05, 0.1) is 19.7 Å². The van der Waals surface area contributed by atoms with Crippen LogP contribution in [0.4, 0.5) is 0 Å². The molecule has 2 aromatic rings. The highest BCUT2D eigenvalue weighted by molar-refractivity contribution is 14.0. The van der Waals surface area contributed by atoms with Crippen LogP contribution in [0.3, 0.4) is 0 Å². The standard InChI is InChI=1S/C21H30N4OS.HI/c1-26-18-9-7-17(8-10-18)20(25-13-3-2-4-14-25)16-24-21(22)23-12-11-19-6-5-15-27-19;/h5-10,15,20H,2-4,11-14,16H2,1H3,(H3,22,23,24);1H. The summed E-state index contributed by atoms with van der Waals surface area (Å²) < 4.78 is 5.30. The molecular formula is C21H31IN4OS. The third-order valence-electron chi connectivity index (χ3n) is 5.02. The van der Waals surface area contributed by atoms with E-state index in [0.717, 1.165) is 31.8 Å². The maximum Gasteiger partial charge on any atom is 0.188 e. The molecule has 0 spiro atoms. The average molecular weight is 514 g/mol. The second kappa shape index (κ2) is 12.3. The molecule has 1 aromatic carbocycles. The van der Waals surface area contributed by atoms with Crippen LogP contribution in [0.15, 0.2) is 46.8 Å². The number of benzene rings is 1. The Labute approximate surface area is 189 Å². The van der Waals surface area contributed by atoms with E-state index in [1.165, 1.54) is 29.7 Å². The first-order chi connectivity index (χ1) is 13.3. The number of likely N-dealkylation sites (tertiary alicyclic amines) is 1. The molecule has 5 nitrogen and oxygen atoms in total. The molecule has 1 atom stereocenters. The Morgan fingerprint density at radius 1 is 1.21 bits per heavy atom. The lowest BCUT2D eigenvalue weighted by atomic mass is 10.0. The van der Waals surface area contributed by atoms with Crippen LogP contribution in [0.25, 0.3) is 0 Å². The van der Waals surface area contributed by atoms with Crippen molar-refractivity contribution in [3.63, 3.8) is 0 Å². The number of nitrogens with one attached hydrogen (secondary N) is 1. The maximum atomic E-state index is 6.12. The summed E-state index contributed by atoms with van der Waals surface area (Å²) in [6.07, 6.45) is 4.80. The second-order valence-electron chi connectivity index (χ2n) is 6.87. The Bertz CT molecular complexity index is 700. The summed E-state index contributed by atoms with van der Waals surface area (Å²) in [5.74, 6) is 1.41. The summed E-state index contributed by atoms with van der Waals surface area (Å²) in [5, 5.41) is 5.35. The minimum Gasteiger partial charge on any atom is -0.497 e. The highest BCUT2D eigenvalue weighted by Crippen LogP contribution is 2.26. The normalized spacial score (nSPS) is 16.2. The summed E-state index contributed by atoms with van der Waals surface area (Å²) in [7, 11) is 1.70. The monoisotopic (exact) mass is 514 g/mol. The zero-order valence-electron chi connectivity index (χ0n) is 16.5. The summed E-state index contributed by atoms with van der Waals surface area (Å²) >= 11 is 1.77. The van der Waals surface area contributed by atoms with Crippen LogP contribution in [0.1, 0.15) is 35.7 Å². The third-order valence-corrected chi connectivity index (χ3v) is 5.96. The van der Waals surface area contributed by atoms with Gasteiger partial charge >= 0.3 is 0 Å². The van der Waals surface area contributed by atoms with E-state index < -0.39 is 0 Å². The molecule has 1 aliphatic heterocycles. The number of nitrogens with two attached hydrogens (primary N) is 1. The highest BCUT2D eigenvalue weighted by Gasteiger charge is 2.22. The predicted molar refractivity (Wildman–Crippen MR) is 129 cm³/mol. The lowest BCUT2D eigenvalue weighted by Gasteiger charge is -2.34. The summed E-state index contributed by atoms with van der Waals surface area (Å²) in [6.45, 7) is 3.73. The van der Waals surface area contributed by atoms with Crippen molar-refractivity contribution < 1.29 is 4.74 Å². The van der Waals surface area contributed by atoms with E-state index in [2.05, 4.69) is 44.9 Å². The van der Waals surface area contributed by atoms with Gasteiger partial charge in [-0.2, -0.15) is 0 Å². The number of rotatable bonds is 8. The van der Waals surface area contributed by atoms with Gasteiger partial charge in [0, 0.05) is 11.4 Å². The van der Waals surface area contributed by atoms with Gasteiger partial charge in [-0.1, -0.05) is 24.6 Å². The van der Waals surface area contributed by atoms with Crippen molar-refractivity contribution in [3.8, 4) is 5.75 Å². The van der Waals surface area contributed by atoms with Gasteiger partial charge < -0.3 is 15.8 Å². The number of hydrogen-bond donors (Lipinski definition) is 2. The minimum absolute atomic E-state index is 0. The van der Waals surface area contributed by atoms with Gasteiger partial charge in [0.1, 0.15) is 5.75 Å². The van der Waals surface area contributed by atoms with Crippen LogP contribution in [-0.2, 0) is 6.42 Å². The van der Waals surface area contributed by atoms with Gasteiger partial charge in [-0.3, -0.25) is 9.89 Å². The molecule has 0 aliphatic carbocycles. The number of ether oxygens (including phenoxy) is 1. The second-order valence-corrected chi connectivity index (χ2v) is 7.90. The van der Waals surface area contributed by atoms with Crippen molar-refractivity contribution in [1.82, 2.24) is 10.2 Å². The zero-order chi connectivity index (χ0) is 18.9. The quantitative estimate of drug-likeness (QED) is 0.317. The molecule has 2 heterocycles. The fraction of sp³-hybridized carbons (Fsp3) is 0.476. The predicted octanol–water partition coefficient (Wildman–Crippen LogP) is 4.05. The molecule has 0 saturated carbocycles. The molecule has 3 rings (SSSR count). The lowest BCUT2D eigenvalue weighted by Crippen LogP contribution is -2.37. The van der Waals surface area contributed by atoms with Gasteiger partial charge in [0.25, 0.3) is 0 Å². The van der Waals surface area contributed by atoms with Gasteiger partial charge in [-0.25, -0.2) is 0 Å². The molecule has 1 fully saturated rings. The SMILES string of the molecule is COc1ccc(C(CN=C(N)NCCc2cccs2)N2CCCCC2)cc1.I. The molecule has 28 heavy (non-hydrogen) atoms. The van der Waals surface area contributed by atoms with E-state index in [9.17, 15) is 0 Å².